The SMILES string of the molecule is O=S(=O)(O)O.[Cu].[S]=[Ni]. The summed E-state index contributed by atoms with van der Waals surface area (Å²) in [5.41, 5.74) is 0. The molecule has 0 amide bonds. The van der Waals surface area contributed by atoms with Crippen LogP contribution in [0, 0.1) is 0 Å². The minimum atomic E-state index is -4.67. The van der Waals surface area contributed by atoms with Gasteiger partial charge in [-0.05, 0) is 0 Å². The van der Waals surface area contributed by atoms with E-state index in [4.69, 9.17) is 17.5 Å². The summed E-state index contributed by atoms with van der Waals surface area (Å²) in [5.74, 6) is 0. The molecule has 8 heavy (non-hydrogen) atoms. The van der Waals surface area contributed by atoms with E-state index in [0.29, 0.717) is 0 Å². The van der Waals surface area contributed by atoms with Crippen LogP contribution in [0.15, 0.2) is 0 Å². The molecular formula is H2CuNiO4S2. The first kappa shape index (κ1) is 16.0. The van der Waals surface area contributed by atoms with Gasteiger partial charge in [0, 0.05) is 17.1 Å². The molecule has 0 aromatic rings. The molecular weight excluding hydrogens is 250 g/mol. The Morgan fingerprint density at radius 3 is 1.25 bits per heavy atom. The molecule has 0 atom stereocenters. The summed E-state index contributed by atoms with van der Waals surface area (Å²) in [5, 5.41) is 0. The fourth-order valence-electron chi connectivity index (χ4n) is 0. The quantitative estimate of drug-likeness (QED) is 0.468. The van der Waals surface area contributed by atoms with Gasteiger partial charge in [-0.25, -0.2) is 0 Å². The average Bonchev–Trinajstić information content (AvgIpc) is 1.36. The van der Waals surface area contributed by atoms with Crippen molar-refractivity contribution in [3.63, 3.8) is 0 Å². The van der Waals surface area contributed by atoms with Crippen LogP contribution in [0.5, 0.6) is 0 Å². The Kier molecular flexibility index (Phi) is 16.3. The molecule has 0 aromatic heterocycles. The maximum atomic E-state index is 8.74. The summed E-state index contributed by atoms with van der Waals surface area (Å²) in [6, 6.07) is 0. The van der Waals surface area contributed by atoms with Crippen molar-refractivity contribution in [2.45, 2.75) is 0 Å². The second kappa shape index (κ2) is 8.10. The Labute approximate surface area is 69.4 Å². The van der Waals surface area contributed by atoms with E-state index in [1.807, 2.05) is 0 Å². The van der Waals surface area contributed by atoms with Gasteiger partial charge in [0.2, 0.25) is 0 Å². The van der Waals surface area contributed by atoms with Crippen molar-refractivity contribution >= 4 is 21.1 Å². The van der Waals surface area contributed by atoms with Gasteiger partial charge in [0.15, 0.2) is 0 Å². The van der Waals surface area contributed by atoms with E-state index >= 15 is 0 Å². The molecule has 59 valence electrons. The predicted molar refractivity (Wildman–Crippen MR) is 21.8 cm³/mol. The van der Waals surface area contributed by atoms with E-state index in [1.165, 1.54) is 0 Å². The molecule has 0 aliphatic rings. The molecule has 0 spiro atoms. The molecule has 0 saturated carbocycles. The second-order valence-corrected chi connectivity index (χ2v) is 1.34. The van der Waals surface area contributed by atoms with Gasteiger partial charge in [0.05, 0.1) is 0 Å². The van der Waals surface area contributed by atoms with Crippen LogP contribution in [0.2, 0.25) is 0 Å². The summed E-state index contributed by atoms with van der Waals surface area (Å²) in [6.45, 7) is 0. The van der Waals surface area contributed by atoms with E-state index < -0.39 is 10.4 Å². The third-order valence-electron chi connectivity index (χ3n) is 0. The molecule has 0 fully saturated rings. The summed E-state index contributed by atoms with van der Waals surface area (Å²) >= 11 is 3.46. The minimum absolute atomic E-state index is 0. The van der Waals surface area contributed by atoms with Crippen LogP contribution < -0.4 is 0 Å². The van der Waals surface area contributed by atoms with Gasteiger partial charge in [0.1, 0.15) is 0 Å². The number of rotatable bonds is 0. The average molecular weight is 252 g/mol. The molecule has 0 heterocycles. The monoisotopic (exact) mass is 251 g/mol. The van der Waals surface area contributed by atoms with Gasteiger partial charge in [-0.1, -0.05) is 0 Å². The van der Waals surface area contributed by atoms with E-state index in [-0.39, 0.29) is 17.1 Å². The van der Waals surface area contributed by atoms with Gasteiger partial charge < -0.3 is 0 Å². The standard InChI is InChI=1S/Cu.Ni.H2O4S.S/c;;1-5(2,3)4;/h;;(H2,1,2,3,4);. The second-order valence-electron chi connectivity index (χ2n) is 0.448. The van der Waals surface area contributed by atoms with Crippen LogP contribution in [-0.2, 0) is 41.3 Å². The van der Waals surface area contributed by atoms with Gasteiger partial charge in [-0.3, -0.25) is 9.11 Å². The van der Waals surface area contributed by atoms with Gasteiger partial charge in [-0.2, -0.15) is 8.42 Å². The topological polar surface area (TPSA) is 74.6 Å². The Bertz CT molecular complexity index is 108. The molecule has 0 rings (SSSR count). The zero-order chi connectivity index (χ0) is 6.50. The van der Waals surface area contributed by atoms with Crippen LogP contribution in [0.3, 0.4) is 0 Å². The van der Waals surface area contributed by atoms with Crippen LogP contribution in [-0.4, -0.2) is 17.5 Å². The first-order chi connectivity index (χ1) is 3.00. The van der Waals surface area contributed by atoms with Crippen molar-refractivity contribution in [2.24, 2.45) is 0 Å². The van der Waals surface area contributed by atoms with E-state index in [0.717, 1.165) is 0 Å². The van der Waals surface area contributed by atoms with Crippen molar-refractivity contribution in [2.75, 3.05) is 0 Å². The third kappa shape index (κ3) is 217. The Morgan fingerprint density at radius 2 is 1.25 bits per heavy atom. The van der Waals surface area contributed by atoms with Crippen molar-refractivity contribution in [1.82, 2.24) is 0 Å². The Hall–Kier alpha value is 1.10. The zero-order valence-electron chi connectivity index (χ0n) is 3.15. The summed E-state index contributed by atoms with van der Waals surface area (Å²) < 4.78 is 31.6. The van der Waals surface area contributed by atoms with Crippen molar-refractivity contribution in [1.29, 1.82) is 0 Å². The normalized spacial score (nSPS) is 8.00. The molecule has 1 radical (unpaired) electrons. The fourth-order valence-corrected chi connectivity index (χ4v) is 0. The summed E-state index contributed by atoms with van der Waals surface area (Å²) in [4.78, 5) is 0. The van der Waals surface area contributed by atoms with Crippen LogP contribution in [0.25, 0.3) is 0 Å². The van der Waals surface area contributed by atoms with Crippen LogP contribution in [0.4, 0.5) is 0 Å². The molecule has 0 unspecified atom stereocenters. The molecule has 2 N–H and O–H groups in total. The Balaban J connectivity index is -0.0000000750. The third-order valence-corrected chi connectivity index (χ3v) is 0. The van der Waals surface area contributed by atoms with E-state index in [2.05, 4.69) is 24.5 Å². The van der Waals surface area contributed by atoms with Gasteiger partial charge >= 0.3 is 34.9 Å². The molecule has 0 bridgehead atoms. The van der Waals surface area contributed by atoms with E-state index in [9.17, 15) is 0 Å². The van der Waals surface area contributed by atoms with Crippen molar-refractivity contribution in [3.05, 3.63) is 0 Å². The zero-order valence-corrected chi connectivity index (χ0v) is 6.71. The van der Waals surface area contributed by atoms with Crippen molar-refractivity contribution < 1.29 is 48.5 Å². The molecule has 0 saturated heterocycles. The van der Waals surface area contributed by atoms with Crippen molar-refractivity contribution in [3.8, 4) is 0 Å². The van der Waals surface area contributed by atoms with Crippen LogP contribution in [0.1, 0.15) is 0 Å². The molecule has 0 aliphatic heterocycles. The summed E-state index contributed by atoms with van der Waals surface area (Å²) in [6.07, 6.45) is 0. The summed E-state index contributed by atoms with van der Waals surface area (Å²) in [7, 11) is -0.958. The fraction of sp³-hybridized carbons (Fsp3) is 0. The number of hydrogen-bond acceptors (Lipinski definition) is 3. The maximum absolute atomic E-state index is 8.74. The molecule has 0 aliphatic carbocycles. The molecule has 8 heteroatoms. The van der Waals surface area contributed by atoms with Crippen LogP contribution >= 0.6 is 10.7 Å². The molecule has 0 aromatic carbocycles. The van der Waals surface area contributed by atoms with E-state index in [1.54, 1.807) is 0 Å². The Morgan fingerprint density at radius 1 is 1.25 bits per heavy atom. The first-order valence-electron chi connectivity index (χ1n) is 0.828. The van der Waals surface area contributed by atoms with Gasteiger partial charge in [0.25, 0.3) is 0 Å². The van der Waals surface area contributed by atoms with Gasteiger partial charge in [-0.15, -0.1) is 0 Å². The number of hydrogen-bond donors (Lipinski definition) is 2. The molecule has 4 nitrogen and oxygen atoms in total. The predicted octanol–water partition coefficient (Wildman–Crippen LogP) is -0.00960. The first-order valence-corrected chi connectivity index (χ1v) is 3.69.